The highest BCUT2D eigenvalue weighted by Gasteiger charge is 2.57. The number of fused-ring (bicyclic) bond motifs is 2. The number of rotatable bonds is 5. The van der Waals surface area contributed by atoms with Crippen LogP contribution in [0.1, 0.15) is 26.8 Å². The first-order valence-corrected chi connectivity index (χ1v) is 15.3. The molecule has 3 amide bonds. The standard InChI is InChI=1S/C28H17F6N3O4S3/c29-27(30,31)13-4-1-6-15(10-13)35-18(38)12-36-25-22(44-26(36)41)19(17-8-3-9-42-17)20-21(43-25)24(40)37(23(20)39)16-7-2-5-14(11-16)28(32,33)34/h1-11,19-21H,12H2,(H,35,38)/t19-,20-,21+/m0/s1. The molecule has 7 nitrogen and oxygen atoms in total. The Morgan fingerprint density at radius 2 is 1.55 bits per heavy atom. The number of thioether (sulfide) groups is 1. The van der Waals surface area contributed by atoms with Gasteiger partial charge < -0.3 is 5.32 Å². The smallest absolute Gasteiger partial charge is 0.325 e. The zero-order valence-electron chi connectivity index (χ0n) is 21.8. The highest BCUT2D eigenvalue weighted by Crippen LogP contribution is 2.54. The maximum atomic E-state index is 13.8. The molecule has 3 atom stereocenters. The summed E-state index contributed by atoms with van der Waals surface area (Å²) in [6.45, 7) is -0.595. The van der Waals surface area contributed by atoms with E-state index in [0.717, 1.165) is 69.0 Å². The number of thiazole rings is 1. The van der Waals surface area contributed by atoms with Crippen LogP contribution in [0.15, 0.2) is 75.9 Å². The maximum absolute atomic E-state index is 13.8. The van der Waals surface area contributed by atoms with E-state index in [1.165, 1.54) is 23.5 Å². The van der Waals surface area contributed by atoms with Crippen molar-refractivity contribution >= 4 is 63.5 Å². The number of nitrogens with zero attached hydrogens (tertiary/aromatic N) is 2. The van der Waals surface area contributed by atoms with Gasteiger partial charge in [0.1, 0.15) is 11.8 Å². The lowest BCUT2D eigenvalue weighted by molar-refractivity contribution is -0.138. The number of imide groups is 1. The van der Waals surface area contributed by atoms with Crippen LogP contribution < -0.4 is 15.1 Å². The molecule has 1 N–H and O–H groups in total. The van der Waals surface area contributed by atoms with Crippen molar-refractivity contribution in [2.45, 2.75) is 35.1 Å². The summed E-state index contributed by atoms with van der Waals surface area (Å²) >= 11 is 2.90. The van der Waals surface area contributed by atoms with Crippen LogP contribution in [0.25, 0.3) is 0 Å². The number of hydrogen-bond donors (Lipinski definition) is 1. The normalized spacial score (nSPS) is 20.0. The molecule has 0 bridgehead atoms. The van der Waals surface area contributed by atoms with E-state index in [0.29, 0.717) is 9.75 Å². The minimum absolute atomic E-state index is 0.139. The third kappa shape index (κ3) is 5.34. The molecule has 2 aliphatic rings. The number of benzene rings is 2. The van der Waals surface area contributed by atoms with E-state index in [9.17, 15) is 45.5 Å². The van der Waals surface area contributed by atoms with Gasteiger partial charge in [-0.15, -0.1) is 11.3 Å². The summed E-state index contributed by atoms with van der Waals surface area (Å²) in [6.07, 6.45) is -9.35. The van der Waals surface area contributed by atoms with Gasteiger partial charge in [-0.05, 0) is 47.8 Å². The molecule has 0 spiro atoms. The highest BCUT2D eigenvalue weighted by atomic mass is 32.2. The Morgan fingerprint density at radius 3 is 2.20 bits per heavy atom. The second kappa shape index (κ2) is 10.9. The minimum Gasteiger partial charge on any atom is -0.325 e. The molecule has 2 aromatic heterocycles. The van der Waals surface area contributed by atoms with Gasteiger partial charge in [0.05, 0.1) is 27.8 Å². The van der Waals surface area contributed by atoms with Crippen LogP contribution in [0.5, 0.6) is 0 Å². The summed E-state index contributed by atoms with van der Waals surface area (Å²) in [5, 5.41) is 3.19. The average molecular weight is 670 g/mol. The number of amides is 3. The molecule has 1 fully saturated rings. The summed E-state index contributed by atoms with van der Waals surface area (Å²) in [5.41, 5.74) is -2.39. The van der Waals surface area contributed by atoms with E-state index < -0.39 is 69.7 Å². The lowest BCUT2D eigenvalue weighted by atomic mass is 9.87. The lowest BCUT2D eigenvalue weighted by Crippen LogP contribution is -2.32. The molecule has 16 heteroatoms. The van der Waals surface area contributed by atoms with Crippen molar-refractivity contribution in [2.75, 3.05) is 10.2 Å². The number of carbonyl (C=O) groups is 3. The van der Waals surface area contributed by atoms with Crippen molar-refractivity contribution in [2.24, 2.45) is 5.92 Å². The summed E-state index contributed by atoms with van der Waals surface area (Å²) < 4.78 is 80.7. The number of thiophene rings is 1. The highest BCUT2D eigenvalue weighted by molar-refractivity contribution is 8.00. The quantitative estimate of drug-likeness (QED) is 0.195. The van der Waals surface area contributed by atoms with Crippen LogP contribution in [0, 0.1) is 5.92 Å². The predicted octanol–water partition coefficient (Wildman–Crippen LogP) is 6.44. The molecule has 0 radical (unpaired) electrons. The number of nitrogens with one attached hydrogen (secondary N) is 1. The van der Waals surface area contributed by atoms with E-state index in [4.69, 9.17) is 0 Å². The minimum atomic E-state index is -4.71. The summed E-state index contributed by atoms with van der Waals surface area (Å²) in [7, 11) is 0. The third-order valence-corrected chi connectivity index (χ3v) is 10.7. The van der Waals surface area contributed by atoms with Gasteiger partial charge in [0, 0.05) is 21.4 Å². The second-order valence-corrected chi connectivity index (χ2v) is 13.0. The Balaban J connectivity index is 1.35. The molecular formula is C28H17F6N3O4S3. The van der Waals surface area contributed by atoms with Gasteiger partial charge in [0.15, 0.2) is 0 Å². The van der Waals surface area contributed by atoms with Crippen molar-refractivity contribution in [3.8, 4) is 0 Å². The van der Waals surface area contributed by atoms with Gasteiger partial charge in [-0.3, -0.25) is 23.7 Å². The first kappa shape index (κ1) is 30.1. The summed E-state index contributed by atoms with van der Waals surface area (Å²) in [6, 6.07) is 11.3. The third-order valence-electron chi connectivity index (χ3n) is 7.11. The number of hydrogen-bond acceptors (Lipinski definition) is 7. The molecule has 2 aliphatic heterocycles. The van der Waals surface area contributed by atoms with Crippen molar-refractivity contribution < 1.29 is 40.7 Å². The monoisotopic (exact) mass is 669 g/mol. The Bertz CT molecular complexity index is 1850. The summed E-state index contributed by atoms with van der Waals surface area (Å²) in [5.74, 6) is -4.13. The summed E-state index contributed by atoms with van der Waals surface area (Å²) in [4.78, 5) is 54.7. The molecule has 4 aromatic rings. The molecule has 2 aromatic carbocycles. The number of alkyl halides is 6. The molecular weight excluding hydrogens is 653 g/mol. The molecule has 1 saturated heterocycles. The molecule has 44 heavy (non-hydrogen) atoms. The van der Waals surface area contributed by atoms with Gasteiger partial charge in [-0.2, -0.15) is 26.3 Å². The van der Waals surface area contributed by atoms with Crippen molar-refractivity contribution in [1.29, 1.82) is 0 Å². The fourth-order valence-corrected chi connectivity index (χ4v) is 8.94. The molecule has 0 unspecified atom stereocenters. The fourth-order valence-electron chi connectivity index (χ4n) is 5.22. The number of anilines is 2. The van der Waals surface area contributed by atoms with E-state index in [1.54, 1.807) is 17.5 Å². The van der Waals surface area contributed by atoms with Crippen LogP contribution in [0.4, 0.5) is 37.7 Å². The average Bonchev–Trinajstić information content (AvgIpc) is 3.65. The first-order chi connectivity index (χ1) is 20.7. The van der Waals surface area contributed by atoms with Crippen molar-refractivity contribution in [3.63, 3.8) is 0 Å². The lowest BCUT2D eigenvalue weighted by Gasteiger charge is -2.29. The Labute approximate surface area is 256 Å². The van der Waals surface area contributed by atoms with Gasteiger partial charge in [-0.1, -0.05) is 41.3 Å². The SMILES string of the molecule is O=C(Cn1c2c(sc1=O)[C@@H](c1cccs1)[C@@H]1C(=O)N(c3cccc(C(F)(F)F)c3)C(=O)[C@@H]1S2)Nc1cccc(C(F)(F)F)c1. The van der Waals surface area contributed by atoms with Crippen LogP contribution in [-0.4, -0.2) is 27.5 Å². The Hall–Kier alpha value is -3.89. The van der Waals surface area contributed by atoms with Crippen LogP contribution >= 0.6 is 34.4 Å². The Kier molecular flexibility index (Phi) is 7.49. The maximum Gasteiger partial charge on any atom is 0.416 e. The molecule has 0 aliphatic carbocycles. The van der Waals surface area contributed by atoms with Gasteiger partial charge in [-0.25, -0.2) is 4.90 Å². The van der Waals surface area contributed by atoms with Gasteiger partial charge in [0.25, 0.3) is 0 Å². The van der Waals surface area contributed by atoms with Crippen LogP contribution in [-0.2, 0) is 33.3 Å². The number of halogens is 6. The van der Waals surface area contributed by atoms with Crippen molar-refractivity contribution in [3.05, 3.63) is 96.6 Å². The topological polar surface area (TPSA) is 88.5 Å². The molecule has 0 saturated carbocycles. The van der Waals surface area contributed by atoms with E-state index in [-0.39, 0.29) is 16.4 Å². The van der Waals surface area contributed by atoms with E-state index in [2.05, 4.69) is 5.32 Å². The Morgan fingerprint density at radius 1 is 0.864 bits per heavy atom. The fraction of sp³-hybridized carbons (Fsp3) is 0.214. The molecule has 228 valence electrons. The largest absolute Gasteiger partial charge is 0.416 e. The van der Waals surface area contributed by atoms with E-state index in [1.807, 2.05) is 0 Å². The number of aromatic nitrogens is 1. The van der Waals surface area contributed by atoms with Crippen LogP contribution in [0.2, 0.25) is 0 Å². The van der Waals surface area contributed by atoms with Crippen molar-refractivity contribution in [1.82, 2.24) is 4.57 Å². The zero-order chi connectivity index (χ0) is 31.6. The van der Waals surface area contributed by atoms with E-state index >= 15 is 0 Å². The number of carbonyl (C=O) groups excluding carboxylic acids is 3. The zero-order valence-corrected chi connectivity index (χ0v) is 24.3. The van der Waals surface area contributed by atoms with Gasteiger partial charge >= 0.3 is 17.2 Å². The van der Waals surface area contributed by atoms with Crippen LogP contribution in [0.3, 0.4) is 0 Å². The van der Waals surface area contributed by atoms with Gasteiger partial charge in [0.2, 0.25) is 17.7 Å². The molecule has 4 heterocycles. The predicted molar refractivity (Wildman–Crippen MR) is 152 cm³/mol. The first-order valence-electron chi connectivity index (χ1n) is 12.7. The second-order valence-electron chi connectivity index (χ2n) is 9.87. The molecule has 6 rings (SSSR count).